The number of anilines is 1. The molecule has 27 heavy (non-hydrogen) atoms. The molecule has 0 saturated carbocycles. The SMILES string of the molecule is Cc1nnc(CNC(=O)C2CCCN(c3cc(-n4cncn4)ncn3)C2)o1. The molecule has 3 aromatic heterocycles. The molecule has 0 aromatic carbocycles. The van der Waals surface area contributed by atoms with Crippen molar-refractivity contribution >= 4 is 11.7 Å². The Balaban J connectivity index is 1.40. The first-order valence-corrected chi connectivity index (χ1v) is 8.68. The van der Waals surface area contributed by atoms with E-state index < -0.39 is 0 Å². The maximum absolute atomic E-state index is 12.5. The number of nitrogens with zero attached hydrogens (tertiary/aromatic N) is 8. The average Bonchev–Trinajstić information content (AvgIpc) is 3.38. The van der Waals surface area contributed by atoms with Crippen LogP contribution in [0, 0.1) is 12.8 Å². The molecule has 1 aliphatic heterocycles. The number of carbonyl (C=O) groups excluding carboxylic acids is 1. The van der Waals surface area contributed by atoms with E-state index in [0.717, 1.165) is 25.2 Å². The first-order chi connectivity index (χ1) is 13.2. The van der Waals surface area contributed by atoms with Crippen molar-refractivity contribution in [2.24, 2.45) is 5.92 Å². The molecule has 0 aliphatic carbocycles. The molecule has 1 N–H and O–H groups in total. The first kappa shape index (κ1) is 17.1. The van der Waals surface area contributed by atoms with Crippen LogP contribution >= 0.6 is 0 Å². The molecule has 4 heterocycles. The van der Waals surface area contributed by atoms with Gasteiger partial charge in [0.15, 0.2) is 5.82 Å². The lowest BCUT2D eigenvalue weighted by molar-refractivity contribution is -0.125. The Morgan fingerprint density at radius 2 is 2.19 bits per heavy atom. The Morgan fingerprint density at radius 1 is 1.30 bits per heavy atom. The number of hydrogen-bond acceptors (Lipinski definition) is 9. The highest BCUT2D eigenvalue weighted by Crippen LogP contribution is 2.22. The van der Waals surface area contributed by atoms with Gasteiger partial charge in [-0.15, -0.1) is 10.2 Å². The summed E-state index contributed by atoms with van der Waals surface area (Å²) in [5.41, 5.74) is 0. The van der Waals surface area contributed by atoms with Crippen molar-refractivity contribution in [3.63, 3.8) is 0 Å². The van der Waals surface area contributed by atoms with Crippen LogP contribution in [0.25, 0.3) is 5.82 Å². The van der Waals surface area contributed by atoms with E-state index in [4.69, 9.17) is 4.42 Å². The van der Waals surface area contributed by atoms with Crippen LogP contribution in [-0.4, -0.2) is 53.9 Å². The number of rotatable bonds is 5. The van der Waals surface area contributed by atoms with Gasteiger partial charge in [-0.2, -0.15) is 5.10 Å². The number of piperidine rings is 1. The van der Waals surface area contributed by atoms with Crippen LogP contribution in [0.15, 0.2) is 29.5 Å². The Labute approximate surface area is 154 Å². The smallest absolute Gasteiger partial charge is 0.235 e. The van der Waals surface area contributed by atoms with Crippen LogP contribution in [-0.2, 0) is 11.3 Å². The zero-order valence-corrected chi connectivity index (χ0v) is 14.8. The minimum Gasteiger partial charge on any atom is -0.424 e. The zero-order chi connectivity index (χ0) is 18.6. The van der Waals surface area contributed by atoms with Gasteiger partial charge in [-0.1, -0.05) is 0 Å². The molecule has 11 nitrogen and oxygen atoms in total. The first-order valence-electron chi connectivity index (χ1n) is 8.68. The molecule has 1 saturated heterocycles. The normalized spacial score (nSPS) is 17.1. The van der Waals surface area contributed by atoms with Crippen molar-refractivity contribution in [2.75, 3.05) is 18.0 Å². The summed E-state index contributed by atoms with van der Waals surface area (Å²) >= 11 is 0. The van der Waals surface area contributed by atoms with Gasteiger partial charge in [-0.25, -0.2) is 19.6 Å². The average molecular weight is 369 g/mol. The fourth-order valence-corrected chi connectivity index (χ4v) is 3.08. The maximum atomic E-state index is 12.5. The molecule has 1 unspecified atom stereocenters. The molecular weight excluding hydrogens is 350 g/mol. The molecule has 1 aliphatic rings. The molecular formula is C16H19N9O2. The zero-order valence-electron chi connectivity index (χ0n) is 14.8. The van der Waals surface area contributed by atoms with Crippen molar-refractivity contribution in [1.29, 1.82) is 0 Å². The Hall–Kier alpha value is -3.37. The number of amides is 1. The summed E-state index contributed by atoms with van der Waals surface area (Å²) in [6.45, 7) is 3.37. The number of aromatic nitrogens is 7. The summed E-state index contributed by atoms with van der Waals surface area (Å²) in [5.74, 6) is 2.13. The van der Waals surface area contributed by atoms with Gasteiger partial charge in [-0.05, 0) is 12.8 Å². The molecule has 1 atom stereocenters. The van der Waals surface area contributed by atoms with Gasteiger partial charge in [0.2, 0.25) is 17.7 Å². The predicted octanol–water partition coefficient (Wildman–Crippen LogP) is 0.282. The summed E-state index contributed by atoms with van der Waals surface area (Å²) in [4.78, 5) is 27.1. The monoisotopic (exact) mass is 369 g/mol. The number of hydrogen-bond donors (Lipinski definition) is 1. The van der Waals surface area contributed by atoms with Gasteiger partial charge in [0, 0.05) is 26.1 Å². The van der Waals surface area contributed by atoms with Gasteiger partial charge >= 0.3 is 0 Å². The second kappa shape index (κ2) is 7.48. The lowest BCUT2D eigenvalue weighted by Gasteiger charge is -2.32. The molecule has 0 bridgehead atoms. The lowest BCUT2D eigenvalue weighted by atomic mass is 9.97. The third kappa shape index (κ3) is 3.91. The molecule has 4 rings (SSSR count). The minimum absolute atomic E-state index is 0.0268. The summed E-state index contributed by atoms with van der Waals surface area (Å²) in [6, 6.07) is 1.84. The highest BCUT2D eigenvalue weighted by Gasteiger charge is 2.27. The molecule has 1 fully saturated rings. The number of carbonyl (C=O) groups is 1. The molecule has 3 aromatic rings. The van der Waals surface area contributed by atoms with Crippen LogP contribution in [0.2, 0.25) is 0 Å². The summed E-state index contributed by atoms with van der Waals surface area (Å²) in [6.07, 6.45) is 6.26. The van der Waals surface area contributed by atoms with E-state index in [0.29, 0.717) is 24.1 Å². The highest BCUT2D eigenvalue weighted by atomic mass is 16.4. The van der Waals surface area contributed by atoms with Crippen LogP contribution in [0.4, 0.5) is 5.82 Å². The van der Waals surface area contributed by atoms with Crippen molar-refractivity contribution in [3.05, 3.63) is 36.8 Å². The van der Waals surface area contributed by atoms with E-state index in [-0.39, 0.29) is 18.4 Å². The molecule has 0 radical (unpaired) electrons. The maximum Gasteiger partial charge on any atom is 0.235 e. The topological polar surface area (TPSA) is 128 Å². The second-order valence-electron chi connectivity index (χ2n) is 6.29. The fraction of sp³-hybridized carbons (Fsp3) is 0.438. The van der Waals surface area contributed by atoms with Gasteiger partial charge in [0.05, 0.1) is 12.5 Å². The molecule has 140 valence electrons. The summed E-state index contributed by atoms with van der Waals surface area (Å²) < 4.78 is 6.86. The number of aryl methyl sites for hydroxylation is 1. The highest BCUT2D eigenvalue weighted by molar-refractivity contribution is 5.79. The Morgan fingerprint density at radius 3 is 2.96 bits per heavy atom. The summed E-state index contributed by atoms with van der Waals surface area (Å²) in [5, 5.41) is 14.6. The predicted molar refractivity (Wildman–Crippen MR) is 92.8 cm³/mol. The number of nitrogens with one attached hydrogen (secondary N) is 1. The largest absolute Gasteiger partial charge is 0.424 e. The van der Waals surface area contributed by atoms with E-state index in [1.165, 1.54) is 12.7 Å². The van der Waals surface area contributed by atoms with Crippen molar-refractivity contribution in [2.45, 2.75) is 26.3 Å². The summed E-state index contributed by atoms with van der Waals surface area (Å²) in [7, 11) is 0. The van der Waals surface area contributed by atoms with Gasteiger partial charge in [0.25, 0.3) is 0 Å². The van der Waals surface area contributed by atoms with Crippen LogP contribution in [0.3, 0.4) is 0 Å². The van der Waals surface area contributed by atoms with Crippen molar-refractivity contribution in [1.82, 2.24) is 40.2 Å². The van der Waals surface area contributed by atoms with Crippen LogP contribution in [0.1, 0.15) is 24.6 Å². The third-order valence-electron chi connectivity index (χ3n) is 4.39. The second-order valence-corrected chi connectivity index (χ2v) is 6.29. The van der Waals surface area contributed by atoms with E-state index in [1.807, 2.05) is 6.07 Å². The van der Waals surface area contributed by atoms with Crippen LogP contribution < -0.4 is 10.2 Å². The van der Waals surface area contributed by atoms with Gasteiger partial charge in [0.1, 0.15) is 24.8 Å². The van der Waals surface area contributed by atoms with E-state index in [2.05, 4.69) is 40.5 Å². The van der Waals surface area contributed by atoms with Gasteiger partial charge in [-0.3, -0.25) is 4.79 Å². The fourth-order valence-electron chi connectivity index (χ4n) is 3.08. The van der Waals surface area contributed by atoms with E-state index in [1.54, 1.807) is 17.9 Å². The Kier molecular flexibility index (Phi) is 4.73. The van der Waals surface area contributed by atoms with E-state index >= 15 is 0 Å². The lowest BCUT2D eigenvalue weighted by Crippen LogP contribution is -2.43. The Bertz CT molecular complexity index is 908. The molecule has 11 heteroatoms. The van der Waals surface area contributed by atoms with Crippen molar-refractivity contribution in [3.8, 4) is 5.82 Å². The van der Waals surface area contributed by atoms with Gasteiger partial charge < -0.3 is 14.6 Å². The molecule has 0 spiro atoms. The van der Waals surface area contributed by atoms with Crippen molar-refractivity contribution < 1.29 is 9.21 Å². The van der Waals surface area contributed by atoms with E-state index in [9.17, 15) is 4.79 Å². The molecule has 1 amide bonds. The quantitative estimate of drug-likeness (QED) is 0.674. The third-order valence-corrected chi connectivity index (χ3v) is 4.39. The minimum atomic E-state index is -0.132. The van der Waals surface area contributed by atoms with Crippen LogP contribution in [0.5, 0.6) is 0 Å². The standard InChI is InChI=1S/C16H19N9O2/c1-11-22-23-15(27-11)6-18-16(26)12-3-2-4-24(7-12)13-5-14(20-9-19-13)25-10-17-8-21-25/h5,8-10,12H,2-4,6-7H2,1H3,(H,18,26).